The molecule has 1 aromatic heterocycles. The van der Waals surface area contributed by atoms with Gasteiger partial charge in [0, 0.05) is 19.7 Å². The zero-order valence-corrected chi connectivity index (χ0v) is 10.8. The van der Waals surface area contributed by atoms with Crippen LogP contribution >= 0.6 is 0 Å². The van der Waals surface area contributed by atoms with Gasteiger partial charge in [-0.15, -0.1) is 0 Å². The molecule has 0 unspecified atom stereocenters. The molecule has 2 N–H and O–H groups in total. The van der Waals surface area contributed by atoms with Crippen LogP contribution in [0.15, 0.2) is 6.07 Å². The molecule has 0 fully saturated rings. The van der Waals surface area contributed by atoms with Crippen LogP contribution in [0, 0.1) is 0 Å². The highest BCUT2D eigenvalue weighted by Crippen LogP contribution is 2.17. The van der Waals surface area contributed by atoms with Crippen LogP contribution in [-0.2, 0) is 11.3 Å². The number of halogens is 3. The molecule has 0 amide bonds. The van der Waals surface area contributed by atoms with E-state index in [1.54, 1.807) is 0 Å². The van der Waals surface area contributed by atoms with Crippen molar-refractivity contribution in [1.82, 2.24) is 9.97 Å². The molecule has 0 bridgehead atoms. The minimum absolute atomic E-state index is 0.123. The predicted octanol–water partition coefficient (Wildman–Crippen LogP) is 2.42. The van der Waals surface area contributed by atoms with E-state index in [1.807, 2.05) is 6.92 Å². The van der Waals surface area contributed by atoms with Gasteiger partial charge in [-0.3, -0.25) is 0 Å². The predicted molar refractivity (Wildman–Crippen MR) is 66.1 cm³/mol. The molecular formula is C11H17F3N4O. The lowest BCUT2D eigenvalue weighted by Gasteiger charge is -2.12. The largest absolute Gasteiger partial charge is 0.405 e. The van der Waals surface area contributed by atoms with Crippen molar-refractivity contribution in [2.24, 2.45) is 0 Å². The second-order valence-electron chi connectivity index (χ2n) is 3.88. The Hall–Kier alpha value is -1.57. The Morgan fingerprint density at radius 2 is 1.84 bits per heavy atom. The Morgan fingerprint density at radius 1 is 1.21 bits per heavy atom. The molecule has 1 aromatic rings. The first-order chi connectivity index (χ1) is 8.94. The van der Waals surface area contributed by atoms with Crippen LogP contribution in [0.3, 0.4) is 0 Å². The smallest absolute Gasteiger partial charge is 0.377 e. The third-order valence-corrected chi connectivity index (χ3v) is 2.07. The van der Waals surface area contributed by atoms with Gasteiger partial charge in [0.2, 0.25) is 0 Å². The summed E-state index contributed by atoms with van der Waals surface area (Å²) in [5, 5.41) is 5.23. The van der Waals surface area contributed by atoms with Gasteiger partial charge in [-0.25, -0.2) is 9.97 Å². The third-order valence-electron chi connectivity index (χ3n) is 2.07. The van der Waals surface area contributed by atoms with E-state index in [1.165, 1.54) is 13.2 Å². The van der Waals surface area contributed by atoms with Gasteiger partial charge in [-0.2, -0.15) is 13.2 Å². The van der Waals surface area contributed by atoms with Gasteiger partial charge in [-0.05, 0) is 6.42 Å². The molecule has 0 atom stereocenters. The average Bonchev–Trinajstić information content (AvgIpc) is 2.33. The van der Waals surface area contributed by atoms with Crippen molar-refractivity contribution in [3.05, 3.63) is 11.9 Å². The molecule has 5 nitrogen and oxygen atoms in total. The molecule has 1 rings (SSSR count). The minimum Gasteiger partial charge on any atom is -0.377 e. The number of aromatic nitrogens is 2. The fourth-order valence-electron chi connectivity index (χ4n) is 1.32. The molecule has 0 radical (unpaired) electrons. The van der Waals surface area contributed by atoms with Crippen molar-refractivity contribution in [2.45, 2.75) is 26.1 Å². The van der Waals surface area contributed by atoms with Gasteiger partial charge in [0.1, 0.15) is 24.8 Å². The lowest BCUT2D eigenvalue weighted by molar-refractivity contribution is -0.115. The molecule has 1 heterocycles. The summed E-state index contributed by atoms with van der Waals surface area (Å²) in [6.45, 7) is 1.67. The topological polar surface area (TPSA) is 59.1 Å². The number of methoxy groups -OCH3 is 1. The molecular weight excluding hydrogens is 261 g/mol. The van der Waals surface area contributed by atoms with E-state index in [9.17, 15) is 13.2 Å². The summed E-state index contributed by atoms with van der Waals surface area (Å²) in [5.41, 5.74) is 0. The highest BCUT2D eigenvalue weighted by atomic mass is 19.4. The normalized spacial score (nSPS) is 11.4. The molecule has 0 aliphatic rings. The number of hydrogen-bond donors (Lipinski definition) is 2. The van der Waals surface area contributed by atoms with Gasteiger partial charge >= 0.3 is 6.18 Å². The number of nitrogens with zero attached hydrogens (tertiary/aromatic N) is 2. The van der Waals surface area contributed by atoms with E-state index in [0.717, 1.165) is 6.42 Å². The Labute approximate surface area is 109 Å². The van der Waals surface area contributed by atoms with Gasteiger partial charge in [-0.1, -0.05) is 6.92 Å². The Bertz CT molecular complexity index is 398. The average molecular weight is 278 g/mol. The van der Waals surface area contributed by atoms with Crippen molar-refractivity contribution in [3.63, 3.8) is 0 Å². The fourth-order valence-corrected chi connectivity index (χ4v) is 1.32. The van der Waals surface area contributed by atoms with Crippen molar-refractivity contribution >= 4 is 11.6 Å². The van der Waals surface area contributed by atoms with Gasteiger partial charge < -0.3 is 15.4 Å². The maximum Gasteiger partial charge on any atom is 0.405 e. The van der Waals surface area contributed by atoms with E-state index in [2.05, 4.69) is 20.6 Å². The standard InChI is InChI=1S/C11H17F3N4O/c1-3-4-15-8-5-9(16-7-11(12,13)14)18-10(17-8)6-19-2/h5H,3-4,6-7H2,1-2H3,(H2,15,16,17,18). The molecule has 0 aliphatic heterocycles. The third kappa shape index (κ3) is 6.23. The molecule has 0 aliphatic carbocycles. The van der Waals surface area contributed by atoms with Crippen molar-refractivity contribution in [3.8, 4) is 0 Å². The number of nitrogens with one attached hydrogen (secondary N) is 2. The summed E-state index contributed by atoms with van der Waals surface area (Å²) in [4.78, 5) is 8.08. The molecule has 108 valence electrons. The van der Waals surface area contributed by atoms with E-state index < -0.39 is 12.7 Å². The van der Waals surface area contributed by atoms with Gasteiger partial charge in [0.25, 0.3) is 0 Å². The van der Waals surface area contributed by atoms with Crippen LogP contribution in [0.5, 0.6) is 0 Å². The number of rotatable bonds is 7. The van der Waals surface area contributed by atoms with Crippen LogP contribution in [-0.4, -0.2) is 36.3 Å². The lowest BCUT2D eigenvalue weighted by atomic mass is 10.4. The summed E-state index contributed by atoms with van der Waals surface area (Å²) >= 11 is 0. The molecule has 19 heavy (non-hydrogen) atoms. The first kappa shape index (κ1) is 15.5. The first-order valence-electron chi connectivity index (χ1n) is 5.86. The van der Waals surface area contributed by atoms with Gasteiger partial charge in [0.15, 0.2) is 5.82 Å². The second-order valence-corrected chi connectivity index (χ2v) is 3.88. The second kappa shape index (κ2) is 7.13. The summed E-state index contributed by atoms with van der Waals surface area (Å²) in [7, 11) is 1.47. The maximum absolute atomic E-state index is 12.1. The van der Waals surface area contributed by atoms with E-state index in [-0.39, 0.29) is 12.4 Å². The fraction of sp³-hybridized carbons (Fsp3) is 0.636. The summed E-state index contributed by atoms with van der Waals surface area (Å²) in [6.07, 6.45) is -3.40. The first-order valence-corrected chi connectivity index (χ1v) is 5.86. The minimum atomic E-state index is -4.29. The number of alkyl halides is 3. The Balaban J connectivity index is 2.79. The number of ether oxygens (including phenoxy) is 1. The zero-order chi connectivity index (χ0) is 14.3. The molecule has 0 saturated heterocycles. The SMILES string of the molecule is CCCNc1cc(NCC(F)(F)F)nc(COC)n1. The van der Waals surface area contributed by atoms with Crippen LogP contribution in [0.1, 0.15) is 19.2 Å². The Morgan fingerprint density at radius 3 is 2.37 bits per heavy atom. The molecule has 0 aromatic carbocycles. The van der Waals surface area contributed by atoms with Crippen molar-refractivity contribution in [2.75, 3.05) is 30.8 Å². The van der Waals surface area contributed by atoms with Crippen LogP contribution < -0.4 is 10.6 Å². The highest BCUT2D eigenvalue weighted by Gasteiger charge is 2.26. The van der Waals surface area contributed by atoms with Crippen LogP contribution in [0.2, 0.25) is 0 Å². The quantitative estimate of drug-likeness (QED) is 0.802. The maximum atomic E-state index is 12.1. The number of hydrogen-bond acceptors (Lipinski definition) is 5. The van der Waals surface area contributed by atoms with Crippen molar-refractivity contribution < 1.29 is 17.9 Å². The van der Waals surface area contributed by atoms with Gasteiger partial charge in [0.05, 0.1) is 0 Å². The Kier molecular flexibility index (Phi) is 5.81. The van der Waals surface area contributed by atoms with Crippen LogP contribution in [0.25, 0.3) is 0 Å². The lowest BCUT2D eigenvalue weighted by Crippen LogP contribution is -2.22. The molecule has 8 heteroatoms. The summed E-state index contributed by atoms with van der Waals surface area (Å²) in [5.74, 6) is 0.930. The van der Waals surface area contributed by atoms with E-state index in [4.69, 9.17) is 4.74 Å². The van der Waals surface area contributed by atoms with E-state index in [0.29, 0.717) is 18.2 Å². The van der Waals surface area contributed by atoms with E-state index >= 15 is 0 Å². The highest BCUT2D eigenvalue weighted by molar-refractivity contribution is 5.47. The summed E-state index contributed by atoms with van der Waals surface area (Å²) in [6, 6.07) is 1.44. The molecule has 0 saturated carbocycles. The zero-order valence-electron chi connectivity index (χ0n) is 10.8. The monoisotopic (exact) mass is 278 g/mol. The summed E-state index contributed by atoms with van der Waals surface area (Å²) < 4.78 is 41.3. The number of anilines is 2. The van der Waals surface area contributed by atoms with Crippen LogP contribution in [0.4, 0.5) is 24.8 Å². The molecule has 0 spiro atoms. The van der Waals surface area contributed by atoms with Crippen molar-refractivity contribution in [1.29, 1.82) is 0 Å².